The lowest BCUT2D eigenvalue weighted by molar-refractivity contribution is -0.121. The standard InChI is InChI=1S/C22H21BrN2O4S/c1-13(17-12-30-21-8-5-15(23)11-16(17)21)24-25-22(27)9-6-18(26)14-4-7-19(28-2)20(10-14)29-3/h4-5,7-8,10-12H,6,9H2,1-3H3,(H,25,27)/b24-13+. The number of fused-ring (bicyclic) bond motifs is 1. The van der Waals surface area contributed by atoms with Crippen molar-refractivity contribution in [2.75, 3.05) is 14.2 Å². The van der Waals surface area contributed by atoms with Crippen LogP contribution in [-0.4, -0.2) is 31.6 Å². The van der Waals surface area contributed by atoms with E-state index in [0.29, 0.717) is 22.8 Å². The minimum Gasteiger partial charge on any atom is -0.493 e. The average molecular weight is 489 g/mol. The highest BCUT2D eigenvalue weighted by Gasteiger charge is 2.13. The minimum atomic E-state index is -0.316. The maximum Gasteiger partial charge on any atom is 0.240 e. The smallest absolute Gasteiger partial charge is 0.240 e. The summed E-state index contributed by atoms with van der Waals surface area (Å²) in [6, 6.07) is 11.0. The molecule has 0 saturated heterocycles. The van der Waals surface area contributed by atoms with Crippen LogP contribution < -0.4 is 14.9 Å². The van der Waals surface area contributed by atoms with Crippen molar-refractivity contribution in [3.05, 3.63) is 57.4 Å². The highest BCUT2D eigenvalue weighted by Crippen LogP contribution is 2.29. The second-order valence-electron chi connectivity index (χ2n) is 6.51. The van der Waals surface area contributed by atoms with Crippen molar-refractivity contribution in [1.29, 1.82) is 0 Å². The molecule has 3 aromatic rings. The van der Waals surface area contributed by atoms with Gasteiger partial charge in [0, 0.05) is 43.9 Å². The van der Waals surface area contributed by atoms with Crippen LogP contribution in [0.3, 0.4) is 0 Å². The van der Waals surface area contributed by atoms with Gasteiger partial charge in [-0.2, -0.15) is 5.10 Å². The average Bonchev–Trinajstić information content (AvgIpc) is 3.18. The molecule has 0 spiro atoms. The summed E-state index contributed by atoms with van der Waals surface area (Å²) in [5, 5.41) is 7.30. The molecule has 6 nitrogen and oxygen atoms in total. The molecule has 3 rings (SSSR count). The summed E-state index contributed by atoms with van der Waals surface area (Å²) >= 11 is 5.11. The molecule has 1 amide bonds. The third-order valence-corrected chi connectivity index (χ3v) is 6.01. The van der Waals surface area contributed by atoms with E-state index in [2.05, 4.69) is 26.5 Å². The van der Waals surface area contributed by atoms with Gasteiger partial charge in [-0.1, -0.05) is 15.9 Å². The number of halogens is 1. The number of Topliss-reactive ketones (excluding diaryl/α,β-unsaturated/α-hetero) is 1. The fourth-order valence-corrected chi connectivity index (χ4v) is 4.27. The van der Waals surface area contributed by atoms with E-state index in [-0.39, 0.29) is 24.5 Å². The number of hydrazone groups is 1. The van der Waals surface area contributed by atoms with Crippen LogP contribution in [0.1, 0.15) is 35.7 Å². The van der Waals surface area contributed by atoms with Crippen molar-refractivity contribution in [3.8, 4) is 11.5 Å². The Kier molecular flexibility index (Phi) is 7.23. The molecule has 0 aliphatic rings. The summed E-state index contributed by atoms with van der Waals surface area (Å²) in [5.41, 5.74) is 4.69. The zero-order chi connectivity index (χ0) is 21.7. The Bertz CT molecular complexity index is 1120. The predicted molar refractivity (Wildman–Crippen MR) is 123 cm³/mol. The van der Waals surface area contributed by atoms with Gasteiger partial charge in [0.1, 0.15) is 0 Å². The highest BCUT2D eigenvalue weighted by atomic mass is 79.9. The van der Waals surface area contributed by atoms with E-state index >= 15 is 0 Å². The van der Waals surface area contributed by atoms with Crippen LogP contribution in [0.5, 0.6) is 11.5 Å². The minimum absolute atomic E-state index is 0.0416. The zero-order valence-corrected chi connectivity index (χ0v) is 19.2. The van der Waals surface area contributed by atoms with Crippen LogP contribution in [0.4, 0.5) is 0 Å². The number of hydrogen-bond acceptors (Lipinski definition) is 6. The van der Waals surface area contributed by atoms with Crippen molar-refractivity contribution in [3.63, 3.8) is 0 Å². The van der Waals surface area contributed by atoms with Crippen LogP contribution in [-0.2, 0) is 4.79 Å². The van der Waals surface area contributed by atoms with Crippen molar-refractivity contribution >= 4 is 54.8 Å². The van der Waals surface area contributed by atoms with Crippen LogP contribution in [0.25, 0.3) is 10.1 Å². The second kappa shape index (κ2) is 9.86. The van der Waals surface area contributed by atoms with Gasteiger partial charge in [-0.25, -0.2) is 5.43 Å². The van der Waals surface area contributed by atoms with Crippen molar-refractivity contribution in [1.82, 2.24) is 5.43 Å². The lowest BCUT2D eigenvalue weighted by Gasteiger charge is -2.09. The number of carbonyl (C=O) groups is 2. The van der Waals surface area contributed by atoms with Crippen molar-refractivity contribution in [2.24, 2.45) is 5.10 Å². The summed E-state index contributed by atoms with van der Waals surface area (Å²) in [6.45, 7) is 1.84. The molecule has 0 aliphatic carbocycles. The molecule has 0 unspecified atom stereocenters. The quantitative estimate of drug-likeness (QED) is 0.269. The number of nitrogens with one attached hydrogen (secondary N) is 1. The Morgan fingerprint density at radius 1 is 1.07 bits per heavy atom. The number of benzene rings is 2. The first-order valence-corrected chi connectivity index (χ1v) is 10.9. The molecule has 156 valence electrons. The van der Waals surface area contributed by atoms with Crippen LogP contribution >= 0.6 is 27.3 Å². The molecule has 0 saturated carbocycles. The van der Waals surface area contributed by atoms with Gasteiger partial charge in [0.05, 0.1) is 19.9 Å². The molecule has 2 aromatic carbocycles. The van der Waals surface area contributed by atoms with Gasteiger partial charge < -0.3 is 9.47 Å². The fraction of sp³-hybridized carbons (Fsp3) is 0.227. The molecule has 1 N–H and O–H groups in total. The number of nitrogens with zero attached hydrogens (tertiary/aromatic N) is 1. The number of ketones is 1. The molecule has 30 heavy (non-hydrogen) atoms. The Morgan fingerprint density at radius 2 is 1.83 bits per heavy atom. The largest absolute Gasteiger partial charge is 0.493 e. The number of methoxy groups -OCH3 is 2. The summed E-state index contributed by atoms with van der Waals surface area (Å²) in [6.07, 6.45) is 0.115. The zero-order valence-electron chi connectivity index (χ0n) is 16.8. The number of thiophene rings is 1. The first kappa shape index (κ1) is 22.0. The number of ether oxygens (including phenoxy) is 2. The molecule has 8 heteroatoms. The van der Waals surface area contributed by atoms with E-state index in [1.165, 1.54) is 14.2 Å². The summed E-state index contributed by atoms with van der Waals surface area (Å²) in [7, 11) is 3.04. The van der Waals surface area contributed by atoms with E-state index in [1.807, 2.05) is 30.5 Å². The molecule has 1 heterocycles. The molecule has 1 aromatic heterocycles. The summed E-state index contributed by atoms with van der Waals surface area (Å²) in [5.74, 6) is 0.552. The van der Waals surface area contributed by atoms with Crippen LogP contribution in [0.15, 0.2) is 51.4 Å². The first-order valence-electron chi connectivity index (χ1n) is 9.18. The summed E-state index contributed by atoms with van der Waals surface area (Å²) < 4.78 is 12.5. The Morgan fingerprint density at radius 3 is 2.57 bits per heavy atom. The Hall–Kier alpha value is -2.71. The van der Waals surface area contributed by atoms with Crippen LogP contribution in [0.2, 0.25) is 0 Å². The fourth-order valence-electron chi connectivity index (χ4n) is 2.92. The third kappa shape index (κ3) is 5.06. The van der Waals surface area contributed by atoms with E-state index in [4.69, 9.17) is 9.47 Å². The van der Waals surface area contributed by atoms with Crippen molar-refractivity contribution in [2.45, 2.75) is 19.8 Å². The van der Waals surface area contributed by atoms with Gasteiger partial charge >= 0.3 is 0 Å². The Labute approximate surface area is 187 Å². The molecule has 0 fully saturated rings. The highest BCUT2D eigenvalue weighted by molar-refractivity contribution is 9.10. The maximum absolute atomic E-state index is 12.4. The van der Waals surface area contributed by atoms with Gasteiger partial charge in [0.15, 0.2) is 17.3 Å². The van der Waals surface area contributed by atoms with Gasteiger partial charge in [-0.05, 0) is 43.3 Å². The second-order valence-corrected chi connectivity index (χ2v) is 8.34. The van der Waals surface area contributed by atoms with Gasteiger partial charge in [0.2, 0.25) is 5.91 Å². The van der Waals surface area contributed by atoms with E-state index in [9.17, 15) is 9.59 Å². The number of carbonyl (C=O) groups excluding carboxylic acids is 2. The molecular weight excluding hydrogens is 468 g/mol. The van der Waals surface area contributed by atoms with Crippen molar-refractivity contribution < 1.29 is 19.1 Å². The summed E-state index contributed by atoms with van der Waals surface area (Å²) in [4.78, 5) is 24.6. The third-order valence-electron chi connectivity index (χ3n) is 4.56. The van der Waals surface area contributed by atoms with Gasteiger partial charge in [0.25, 0.3) is 0 Å². The Balaban J connectivity index is 1.60. The molecular formula is C22H21BrN2O4S. The molecule has 0 bridgehead atoms. The van der Waals surface area contributed by atoms with E-state index in [0.717, 1.165) is 20.1 Å². The van der Waals surface area contributed by atoms with Gasteiger partial charge in [-0.15, -0.1) is 11.3 Å². The van der Waals surface area contributed by atoms with E-state index in [1.54, 1.807) is 29.5 Å². The lowest BCUT2D eigenvalue weighted by Crippen LogP contribution is -2.20. The first-order chi connectivity index (χ1) is 14.4. The maximum atomic E-state index is 12.4. The number of rotatable bonds is 8. The molecule has 0 atom stereocenters. The number of hydrogen-bond donors (Lipinski definition) is 1. The lowest BCUT2D eigenvalue weighted by atomic mass is 10.1. The predicted octanol–water partition coefficient (Wildman–Crippen LogP) is 5.18. The van der Waals surface area contributed by atoms with E-state index < -0.39 is 0 Å². The van der Waals surface area contributed by atoms with Gasteiger partial charge in [-0.3, -0.25) is 9.59 Å². The van der Waals surface area contributed by atoms with Crippen LogP contribution in [0, 0.1) is 0 Å². The SMILES string of the molecule is COc1ccc(C(=O)CCC(=O)N/N=C(\C)c2csc3ccc(Br)cc23)cc1OC. The normalized spacial score (nSPS) is 11.4. The monoisotopic (exact) mass is 488 g/mol. The molecule has 0 aliphatic heterocycles. The molecule has 0 radical (unpaired) electrons. The topological polar surface area (TPSA) is 77.0 Å². The number of amides is 1.